The molecule has 0 aliphatic carbocycles. The first kappa shape index (κ1) is 12.6. The summed E-state index contributed by atoms with van der Waals surface area (Å²) in [5.41, 5.74) is 2.03. The molecule has 86 valence electrons. The van der Waals surface area contributed by atoms with Gasteiger partial charge in [-0.1, -0.05) is 24.3 Å². The lowest BCUT2D eigenvalue weighted by Gasteiger charge is -2.23. The molecule has 0 spiro atoms. The van der Waals surface area contributed by atoms with Gasteiger partial charge in [-0.05, 0) is 25.0 Å². The van der Waals surface area contributed by atoms with Gasteiger partial charge in [0.25, 0.3) is 0 Å². The Morgan fingerprint density at radius 2 is 2.06 bits per heavy atom. The van der Waals surface area contributed by atoms with Gasteiger partial charge in [0.1, 0.15) is 0 Å². The van der Waals surface area contributed by atoms with Gasteiger partial charge in [0, 0.05) is 13.5 Å². The summed E-state index contributed by atoms with van der Waals surface area (Å²) in [6.07, 6.45) is 2.38. The Morgan fingerprint density at radius 3 is 2.69 bits per heavy atom. The number of aliphatic imine (C=N–C) groups is 1. The van der Waals surface area contributed by atoms with Crippen molar-refractivity contribution in [2.75, 3.05) is 7.11 Å². The highest BCUT2D eigenvalue weighted by molar-refractivity contribution is 5.34. The summed E-state index contributed by atoms with van der Waals surface area (Å²) >= 11 is 0. The summed E-state index contributed by atoms with van der Waals surface area (Å²) in [5.74, 6) is 0. The predicted molar refractivity (Wildman–Crippen MR) is 63.1 cm³/mol. The first-order chi connectivity index (χ1) is 7.57. The molecule has 3 heteroatoms. The summed E-state index contributed by atoms with van der Waals surface area (Å²) in [4.78, 5) is 13.6. The van der Waals surface area contributed by atoms with Crippen LogP contribution >= 0.6 is 0 Å². The van der Waals surface area contributed by atoms with Crippen molar-refractivity contribution in [3.05, 3.63) is 35.4 Å². The molecule has 0 unspecified atom stereocenters. The first-order valence-corrected chi connectivity index (χ1v) is 5.24. The average Bonchev–Trinajstić information content (AvgIpc) is 2.26. The zero-order chi connectivity index (χ0) is 12.0. The lowest BCUT2D eigenvalue weighted by Crippen LogP contribution is -2.25. The second-order valence-corrected chi connectivity index (χ2v) is 4.37. The van der Waals surface area contributed by atoms with Gasteiger partial charge >= 0.3 is 0 Å². The van der Waals surface area contributed by atoms with Gasteiger partial charge in [-0.3, -0.25) is 0 Å². The van der Waals surface area contributed by atoms with E-state index in [1.807, 2.05) is 32.0 Å². The highest BCUT2D eigenvalue weighted by Gasteiger charge is 2.16. The van der Waals surface area contributed by atoms with Crippen molar-refractivity contribution in [3.8, 4) is 0 Å². The van der Waals surface area contributed by atoms with Crippen molar-refractivity contribution in [1.29, 1.82) is 0 Å². The number of nitrogens with zero attached hydrogens (tertiary/aromatic N) is 1. The number of isocyanates is 1. The monoisotopic (exact) mass is 219 g/mol. The van der Waals surface area contributed by atoms with E-state index in [0.717, 1.165) is 12.0 Å². The van der Waals surface area contributed by atoms with E-state index in [2.05, 4.69) is 11.1 Å². The number of benzene rings is 1. The maximum atomic E-state index is 10.0. The minimum absolute atomic E-state index is 0.174. The third-order valence-electron chi connectivity index (χ3n) is 2.50. The molecule has 0 fully saturated rings. The quantitative estimate of drug-likeness (QED) is 0.563. The molecule has 0 aliphatic heterocycles. The normalized spacial score (nSPS) is 10.9. The second kappa shape index (κ2) is 5.59. The minimum atomic E-state index is -0.174. The van der Waals surface area contributed by atoms with E-state index in [0.29, 0.717) is 6.54 Å². The molecule has 0 saturated carbocycles. The molecular formula is C13H17NO2. The van der Waals surface area contributed by atoms with Crippen LogP contribution in [0, 0.1) is 0 Å². The third kappa shape index (κ3) is 3.97. The molecule has 0 bridgehead atoms. The van der Waals surface area contributed by atoms with Crippen molar-refractivity contribution in [2.24, 2.45) is 4.99 Å². The number of methoxy groups -OCH3 is 1. The predicted octanol–water partition coefficient (Wildman–Crippen LogP) is 2.49. The van der Waals surface area contributed by atoms with Crippen LogP contribution in [0.3, 0.4) is 0 Å². The standard InChI is InChI=1S/C13H17NO2/c1-13(2,16-3)8-11-5-4-6-12(7-11)9-14-10-15/h4-7H,8-9H2,1-3H3. The van der Waals surface area contributed by atoms with Crippen LogP contribution in [0.15, 0.2) is 29.3 Å². The average molecular weight is 219 g/mol. The molecule has 0 saturated heterocycles. The van der Waals surface area contributed by atoms with Crippen molar-refractivity contribution in [1.82, 2.24) is 0 Å². The SMILES string of the molecule is COC(C)(C)Cc1cccc(CN=C=O)c1. The largest absolute Gasteiger partial charge is 0.378 e. The number of ether oxygens (including phenoxy) is 1. The van der Waals surface area contributed by atoms with E-state index in [4.69, 9.17) is 4.74 Å². The Morgan fingerprint density at radius 1 is 1.38 bits per heavy atom. The maximum absolute atomic E-state index is 10.0. The fraction of sp³-hybridized carbons (Fsp3) is 0.462. The van der Waals surface area contributed by atoms with Crippen LogP contribution in [-0.4, -0.2) is 18.8 Å². The number of carbonyl (C=O) groups excluding carboxylic acids is 1. The van der Waals surface area contributed by atoms with Gasteiger partial charge < -0.3 is 4.74 Å². The van der Waals surface area contributed by atoms with Gasteiger partial charge in [-0.25, -0.2) is 9.79 Å². The molecule has 16 heavy (non-hydrogen) atoms. The van der Waals surface area contributed by atoms with Crippen LogP contribution in [0.4, 0.5) is 0 Å². The Bertz CT molecular complexity index is 393. The number of hydrogen-bond acceptors (Lipinski definition) is 3. The zero-order valence-electron chi connectivity index (χ0n) is 9.99. The van der Waals surface area contributed by atoms with Crippen LogP contribution in [0.1, 0.15) is 25.0 Å². The number of rotatable bonds is 5. The van der Waals surface area contributed by atoms with Gasteiger partial charge in [0.2, 0.25) is 6.08 Å². The van der Waals surface area contributed by atoms with Gasteiger partial charge in [0.15, 0.2) is 0 Å². The Balaban J connectivity index is 2.78. The molecule has 0 heterocycles. The lowest BCUT2D eigenvalue weighted by molar-refractivity contribution is 0.0232. The van der Waals surface area contributed by atoms with Gasteiger partial charge in [-0.15, -0.1) is 0 Å². The first-order valence-electron chi connectivity index (χ1n) is 5.24. The van der Waals surface area contributed by atoms with E-state index < -0.39 is 0 Å². The molecule has 0 N–H and O–H groups in total. The smallest absolute Gasteiger partial charge is 0.235 e. The van der Waals surface area contributed by atoms with Crippen molar-refractivity contribution < 1.29 is 9.53 Å². The Kier molecular flexibility index (Phi) is 4.41. The molecule has 1 aromatic carbocycles. The lowest BCUT2D eigenvalue weighted by atomic mass is 9.97. The Hall–Kier alpha value is -1.44. The maximum Gasteiger partial charge on any atom is 0.235 e. The minimum Gasteiger partial charge on any atom is -0.378 e. The van der Waals surface area contributed by atoms with Crippen molar-refractivity contribution in [3.63, 3.8) is 0 Å². The summed E-state index contributed by atoms with van der Waals surface area (Å²) in [7, 11) is 1.71. The molecule has 0 aliphatic rings. The second-order valence-electron chi connectivity index (χ2n) is 4.37. The van der Waals surface area contributed by atoms with Crippen molar-refractivity contribution >= 4 is 6.08 Å². The molecule has 0 amide bonds. The molecule has 0 radical (unpaired) electrons. The highest BCUT2D eigenvalue weighted by atomic mass is 16.5. The van der Waals surface area contributed by atoms with Gasteiger partial charge in [0.05, 0.1) is 12.1 Å². The summed E-state index contributed by atoms with van der Waals surface area (Å²) in [6, 6.07) is 8.01. The van der Waals surface area contributed by atoms with Gasteiger partial charge in [-0.2, -0.15) is 0 Å². The van der Waals surface area contributed by atoms with E-state index in [1.165, 1.54) is 5.56 Å². The van der Waals surface area contributed by atoms with E-state index >= 15 is 0 Å². The van der Waals surface area contributed by atoms with Crippen molar-refractivity contribution in [2.45, 2.75) is 32.4 Å². The molecular weight excluding hydrogens is 202 g/mol. The van der Waals surface area contributed by atoms with Crippen LogP contribution in [-0.2, 0) is 22.5 Å². The van der Waals surface area contributed by atoms with Crippen LogP contribution in [0.5, 0.6) is 0 Å². The van der Waals surface area contributed by atoms with E-state index in [1.54, 1.807) is 13.2 Å². The molecule has 0 atom stereocenters. The molecule has 0 aromatic heterocycles. The fourth-order valence-corrected chi connectivity index (χ4v) is 1.53. The van der Waals surface area contributed by atoms with E-state index in [-0.39, 0.29) is 5.60 Å². The highest BCUT2D eigenvalue weighted by Crippen LogP contribution is 2.17. The third-order valence-corrected chi connectivity index (χ3v) is 2.50. The zero-order valence-corrected chi connectivity index (χ0v) is 9.99. The Labute approximate surface area is 96.2 Å². The molecule has 3 nitrogen and oxygen atoms in total. The number of hydrogen-bond donors (Lipinski definition) is 0. The summed E-state index contributed by atoms with van der Waals surface area (Å²) in [6.45, 7) is 4.48. The fourth-order valence-electron chi connectivity index (χ4n) is 1.53. The van der Waals surface area contributed by atoms with Crippen LogP contribution in [0.25, 0.3) is 0 Å². The summed E-state index contributed by atoms with van der Waals surface area (Å²) in [5, 5.41) is 0. The molecule has 1 rings (SSSR count). The van der Waals surface area contributed by atoms with Crippen LogP contribution < -0.4 is 0 Å². The molecule has 1 aromatic rings. The topological polar surface area (TPSA) is 38.7 Å². The van der Waals surface area contributed by atoms with Crippen LogP contribution in [0.2, 0.25) is 0 Å². The summed E-state index contributed by atoms with van der Waals surface area (Å²) < 4.78 is 5.38. The van der Waals surface area contributed by atoms with E-state index in [9.17, 15) is 4.79 Å².